The van der Waals surface area contributed by atoms with Crippen LogP contribution >= 0.6 is 11.6 Å². The standard InChI is InChI=1S/C18H17ClN4O2/c1-25-15-4-2-3-12(7-15)10-22-11-13(9-20)18(24)23-14-5-6-17(21)16(19)8-14/h2-8,11,22H,10,21H2,1H3,(H,23,24)/b13-11-. The van der Waals surface area contributed by atoms with Gasteiger partial charge in [0.1, 0.15) is 17.4 Å². The van der Waals surface area contributed by atoms with E-state index in [-0.39, 0.29) is 5.57 Å². The summed E-state index contributed by atoms with van der Waals surface area (Å²) >= 11 is 5.91. The van der Waals surface area contributed by atoms with Gasteiger partial charge >= 0.3 is 0 Å². The molecule has 25 heavy (non-hydrogen) atoms. The minimum Gasteiger partial charge on any atom is -0.497 e. The largest absolute Gasteiger partial charge is 0.497 e. The Morgan fingerprint density at radius 3 is 2.84 bits per heavy atom. The molecular formula is C18H17ClN4O2. The molecule has 0 aliphatic carbocycles. The van der Waals surface area contributed by atoms with E-state index in [1.807, 2.05) is 30.3 Å². The monoisotopic (exact) mass is 356 g/mol. The maximum absolute atomic E-state index is 12.1. The number of methoxy groups -OCH3 is 1. The summed E-state index contributed by atoms with van der Waals surface area (Å²) in [6, 6.07) is 14.0. The molecule has 2 aromatic carbocycles. The molecule has 2 rings (SSSR count). The third-order valence-corrected chi connectivity index (χ3v) is 3.64. The van der Waals surface area contributed by atoms with Crippen LogP contribution in [0.5, 0.6) is 5.75 Å². The summed E-state index contributed by atoms with van der Waals surface area (Å²) in [6.07, 6.45) is 1.37. The Kier molecular flexibility index (Phi) is 6.26. The normalized spacial score (nSPS) is 10.7. The second kappa shape index (κ2) is 8.62. The molecule has 2 aromatic rings. The number of carbonyl (C=O) groups is 1. The van der Waals surface area contributed by atoms with Crippen LogP contribution in [0.3, 0.4) is 0 Å². The Hall–Kier alpha value is -3.17. The number of nitrogens with zero attached hydrogens (tertiary/aromatic N) is 1. The smallest absolute Gasteiger partial charge is 0.267 e. The molecule has 0 saturated carbocycles. The summed E-state index contributed by atoms with van der Waals surface area (Å²) in [4.78, 5) is 12.1. The Bertz CT molecular complexity index is 843. The van der Waals surface area contributed by atoms with Gasteiger partial charge in [-0.1, -0.05) is 23.7 Å². The first-order valence-electron chi connectivity index (χ1n) is 7.36. The van der Waals surface area contributed by atoms with E-state index in [9.17, 15) is 4.79 Å². The first-order chi connectivity index (χ1) is 12.0. The van der Waals surface area contributed by atoms with E-state index >= 15 is 0 Å². The van der Waals surface area contributed by atoms with Crippen molar-refractivity contribution >= 4 is 28.9 Å². The number of ether oxygens (including phenoxy) is 1. The lowest BCUT2D eigenvalue weighted by Crippen LogP contribution is -2.16. The number of nitrogens with one attached hydrogen (secondary N) is 2. The van der Waals surface area contributed by atoms with Crippen LogP contribution in [0.15, 0.2) is 54.2 Å². The van der Waals surface area contributed by atoms with Crippen LogP contribution in [0.25, 0.3) is 0 Å². The number of nitrogen functional groups attached to an aromatic ring is 1. The van der Waals surface area contributed by atoms with Gasteiger partial charge in [-0.05, 0) is 35.9 Å². The molecule has 0 aliphatic heterocycles. The van der Waals surface area contributed by atoms with Gasteiger partial charge in [0, 0.05) is 18.4 Å². The lowest BCUT2D eigenvalue weighted by Gasteiger charge is -2.07. The molecule has 0 fully saturated rings. The van der Waals surface area contributed by atoms with E-state index in [2.05, 4.69) is 10.6 Å². The molecule has 0 aliphatic rings. The first-order valence-corrected chi connectivity index (χ1v) is 7.74. The highest BCUT2D eigenvalue weighted by Crippen LogP contribution is 2.22. The van der Waals surface area contributed by atoms with Gasteiger partial charge in [-0.25, -0.2) is 0 Å². The van der Waals surface area contributed by atoms with Gasteiger partial charge in [0.15, 0.2) is 0 Å². The molecule has 0 atom stereocenters. The lowest BCUT2D eigenvalue weighted by molar-refractivity contribution is -0.112. The summed E-state index contributed by atoms with van der Waals surface area (Å²) < 4.78 is 5.15. The summed E-state index contributed by atoms with van der Waals surface area (Å²) in [6.45, 7) is 0.448. The zero-order valence-corrected chi connectivity index (χ0v) is 14.3. The molecule has 128 valence electrons. The lowest BCUT2D eigenvalue weighted by atomic mass is 10.2. The van der Waals surface area contributed by atoms with E-state index in [0.717, 1.165) is 11.3 Å². The number of hydrogen-bond donors (Lipinski definition) is 3. The second-order valence-corrected chi connectivity index (χ2v) is 5.50. The van der Waals surface area contributed by atoms with E-state index in [4.69, 9.17) is 27.3 Å². The topological polar surface area (TPSA) is 100 Å². The molecular weight excluding hydrogens is 340 g/mol. The molecule has 0 heterocycles. The number of rotatable bonds is 6. The Labute approximate surface area is 150 Å². The number of halogens is 1. The number of nitrogens with two attached hydrogens (primary N) is 1. The van der Waals surface area contributed by atoms with E-state index < -0.39 is 5.91 Å². The SMILES string of the molecule is COc1cccc(CN/C=C(/C#N)C(=O)Nc2ccc(N)c(Cl)c2)c1. The highest BCUT2D eigenvalue weighted by molar-refractivity contribution is 6.33. The van der Waals surface area contributed by atoms with Crippen molar-refractivity contribution < 1.29 is 9.53 Å². The number of nitriles is 1. The van der Waals surface area contributed by atoms with Crippen LogP contribution in [0.1, 0.15) is 5.56 Å². The van der Waals surface area contributed by atoms with Crippen molar-refractivity contribution in [3.63, 3.8) is 0 Å². The van der Waals surface area contributed by atoms with Gasteiger partial charge in [0.25, 0.3) is 5.91 Å². The predicted octanol–water partition coefficient (Wildman–Crippen LogP) is 3.07. The molecule has 0 unspecified atom stereocenters. The second-order valence-electron chi connectivity index (χ2n) is 5.09. The fourth-order valence-electron chi connectivity index (χ4n) is 2.01. The summed E-state index contributed by atoms with van der Waals surface area (Å²) in [5, 5.41) is 15.0. The molecule has 1 amide bonds. The number of amides is 1. The highest BCUT2D eigenvalue weighted by atomic mass is 35.5. The first kappa shape index (κ1) is 18.2. The number of hydrogen-bond acceptors (Lipinski definition) is 5. The third-order valence-electron chi connectivity index (χ3n) is 3.31. The van der Waals surface area contributed by atoms with E-state index in [0.29, 0.717) is 22.9 Å². The van der Waals surface area contributed by atoms with Crippen molar-refractivity contribution in [2.45, 2.75) is 6.54 Å². The quantitative estimate of drug-likeness (QED) is 0.419. The average Bonchev–Trinajstić information content (AvgIpc) is 2.62. The molecule has 4 N–H and O–H groups in total. The van der Waals surface area contributed by atoms with Crippen LogP contribution in [0.4, 0.5) is 11.4 Å². The maximum atomic E-state index is 12.1. The van der Waals surface area contributed by atoms with Gasteiger partial charge in [-0.3, -0.25) is 4.79 Å². The third kappa shape index (κ3) is 5.16. The zero-order valence-electron chi connectivity index (χ0n) is 13.5. The fourth-order valence-corrected chi connectivity index (χ4v) is 2.19. The average molecular weight is 357 g/mol. The van der Waals surface area contributed by atoms with Crippen LogP contribution in [-0.2, 0) is 11.3 Å². The maximum Gasteiger partial charge on any atom is 0.267 e. The predicted molar refractivity (Wildman–Crippen MR) is 98.0 cm³/mol. The molecule has 0 spiro atoms. The molecule has 0 aromatic heterocycles. The molecule has 0 radical (unpaired) electrons. The van der Waals surface area contributed by atoms with Gasteiger partial charge < -0.3 is 21.1 Å². The van der Waals surface area contributed by atoms with E-state index in [1.54, 1.807) is 19.2 Å². The number of anilines is 2. The van der Waals surface area contributed by atoms with E-state index in [1.165, 1.54) is 12.3 Å². The summed E-state index contributed by atoms with van der Waals surface area (Å²) in [7, 11) is 1.59. The molecule has 7 heteroatoms. The van der Waals surface area contributed by atoms with Gasteiger partial charge in [0.05, 0.1) is 17.8 Å². The van der Waals surface area contributed by atoms with Crippen molar-refractivity contribution in [1.29, 1.82) is 5.26 Å². The molecule has 6 nitrogen and oxygen atoms in total. The van der Waals surface area contributed by atoms with Gasteiger partial charge in [0.2, 0.25) is 0 Å². The summed E-state index contributed by atoms with van der Waals surface area (Å²) in [5.41, 5.74) is 7.39. The van der Waals surface area contributed by atoms with Gasteiger partial charge in [-0.15, -0.1) is 0 Å². The Morgan fingerprint density at radius 2 is 2.16 bits per heavy atom. The minimum atomic E-state index is -0.540. The highest BCUT2D eigenvalue weighted by Gasteiger charge is 2.10. The van der Waals surface area contributed by atoms with Gasteiger partial charge in [-0.2, -0.15) is 5.26 Å². The fraction of sp³-hybridized carbons (Fsp3) is 0.111. The van der Waals surface area contributed by atoms with Crippen LogP contribution in [0, 0.1) is 11.3 Å². The van der Waals surface area contributed by atoms with Crippen molar-refractivity contribution in [1.82, 2.24) is 5.32 Å². The minimum absolute atomic E-state index is 0.0594. The molecule has 0 saturated heterocycles. The van der Waals surface area contributed by atoms with Crippen molar-refractivity contribution in [3.8, 4) is 11.8 Å². The van der Waals surface area contributed by atoms with Crippen molar-refractivity contribution in [3.05, 3.63) is 64.8 Å². The van der Waals surface area contributed by atoms with Crippen molar-refractivity contribution in [2.75, 3.05) is 18.2 Å². The van der Waals surface area contributed by atoms with Crippen LogP contribution < -0.4 is 21.1 Å². The Balaban J connectivity index is 1.99. The molecule has 0 bridgehead atoms. The van der Waals surface area contributed by atoms with Crippen LogP contribution in [-0.4, -0.2) is 13.0 Å². The zero-order chi connectivity index (χ0) is 18.2. The number of carbonyl (C=O) groups excluding carboxylic acids is 1. The van der Waals surface area contributed by atoms with Crippen LogP contribution in [0.2, 0.25) is 5.02 Å². The van der Waals surface area contributed by atoms with Crippen molar-refractivity contribution in [2.24, 2.45) is 0 Å². The summed E-state index contributed by atoms with van der Waals surface area (Å²) in [5.74, 6) is 0.197. The number of benzene rings is 2. The Morgan fingerprint density at radius 1 is 1.36 bits per heavy atom.